The highest BCUT2D eigenvalue weighted by Crippen LogP contribution is 2.24. The molecule has 0 aromatic heterocycles. The number of hydrogen-bond donors (Lipinski definition) is 2. The van der Waals surface area contributed by atoms with Crippen LogP contribution in [0.4, 0.5) is 4.79 Å². The van der Waals surface area contributed by atoms with Gasteiger partial charge in [0.15, 0.2) is 0 Å². The van der Waals surface area contributed by atoms with Gasteiger partial charge in [-0.2, -0.15) is 0 Å². The number of amides is 3. The Labute approximate surface area is 211 Å². The Kier molecular flexibility index (Phi) is 12.4. The maximum absolute atomic E-state index is 13.6. The fourth-order valence-electron chi connectivity index (χ4n) is 3.64. The van der Waals surface area contributed by atoms with E-state index >= 15 is 0 Å². The van der Waals surface area contributed by atoms with E-state index < -0.39 is 23.8 Å². The van der Waals surface area contributed by atoms with Crippen molar-refractivity contribution in [2.24, 2.45) is 0 Å². The van der Waals surface area contributed by atoms with Gasteiger partial charge in [0.05, 0.1) is 0 Å². The van der Waals surface area contributed by atoms with E-state index in [1.54, 1.807) is 56.9 Å². The van der Waals surface area contributed by atoms with Crippen LogP contribution >= 0.6 is 0 Å². The molecule has 1 rings (SSSR count). The Morgan fingerprint density at radius 2 is 1.60 bits per heavy atom. The van der Waals surface area contributed by atoms with Gasteiger partial charge in [-0.15, -0.1) is 6.42 Å². The standard InChI is InChI=1S/C28H43N3O4/c1-9-11-12-13-14-19-31(26(33)21(5)30-27(34)35-28(6,7)8)24(25(32)29-20(3)4)23-17-15-22(10-2)16-18-23/h2,15-18,20-21,24H,9,11-14,19H2,1,3-8H3,(H,29,32)(H,30,34). The highest BCUT2D eigenvalue weighted by molar-refractivity contribution is 5.92. The van der Waals surface area contributed by atoms with Crippen molar-refractivity contribution in [2.45, 2.75) is 104 Å². The molecule has 1 aromatic rings. The summed E-state index contributed by atoms with van der Waals surface area (Å²) in [6, 6.07) is 5.25. The van der Waals surface area contributed by atoms with Crippen LogP contribution in [0.5, 0.6) is 0 Å². The number of terminal acetylenes is 1. The second kappa shape index (κ2) is 14.4. The van der Waals surface area contributed by atoms with Crippen molar-refractivity contribution in [3.8, 4) is 12.3 Å². The Hall–Kier alpha value is -3.01. The third-order valence-corrected chi connectivity index (χ3v) is 5.27. The number of unbranched alkanes of at least 4 members (excludes halogenated alkanes) is 4. The molecule has 0 aliphatic heterocycles. The second-order valence-corrected chi connectivity index (χ2v) is 10.1. The maximum Gasteiger partial charge on any atom is 0.408 e. The first-order chi connectivity index (χ1) is 16.4. The van der Waals surface area contributed by atoms with Crippen LogP contribution in [0.3, 0.4) is 0 Å². The van der Waals surface area contributed by atoms with E-state index in [0.29, 0.717) is 17.7 Å². The summed E-state index contributed by atoms with van der Waals surface area (Å²) >= 11 is 0. The number of nitrogens with zero attached hydrogens (tertiary/aromatic N) is 1. The molecule has 0 saturated carbocycles. The van der Waals surface area contributed by atoms with Crippen LogP contribution in [0.1, 0.15) is 97.7 Å². The summed E-state index contributed by atoms with van der Waals surface area (Å²) in [5.41, 5.74) is 0.660. The zero-order chi connectivity index (χ0) is 26.6. The predicted octanol–water partition coefficient (Wildman–Crippen LogP) is 4.95. The van der Waals surface area contributed by atoms with Crippen LogP contribution < -0.4 is 10.6 Å². The quantitative estimate of drug-likeness (QED) is 0.324. The summed E-state index contributed by atoms with van der Waals surface area (Å²) in [6.07, 6.45) is 9.81. The van der Waals surface area contributed by atoms with Crippen LogP contribution in [0.25, 0.3) is 0 Å². The smallest absolute Gasteiger partial charge is 0.408 e. The number of hydrogen-bond acceptors (Lipinski definition) is 4. The first-order valence-electron chi connectivity index (χ1n) is 12.6. The topological polar surface area (TPSA) is 87.7 Å². The molecule has 0 bridgehead atoms. The van der Waals surface area contributed by atoms with E-state index in [4.69, 9.17) is 11.2 Å². The lowest BCUT2D eigenvalue weighted by Crippen LogP contribution is -2.52. The highest BCUT2D eigenvalue weighted by Gasteiger charge is 2.34. The Balaban J connectivity index is 3.28. The van der Waals surface area contributed by atoms with Crippen LogP contribution in [0, 0.1) is 12.3 Å². The van der Waals surface area contributed by atoms with Gasteiger partial charge >= 0.3 is 6.09 Å². The fourth-order valence-corrected chi connectivity index (χ4v) is 3.64. The minimum absolute atomic E-state index is 0.103. The van der Waals surface area contributed by atoms with Crippen molar-refractivity contribution in [2.75, 3.05) is 6.54 Å². The first-order valence-corrected chi connectivity index (χ1v) is 12.6. The van der Waals surface area contributed by atoms with Crippen LogP contribution in [0.15, 0.2) is 24.3 Å². The summed E-state index contributed by atoms with van der Waals surface area (Å²) in [5.74, 6) is 1.95. The van der Waals surface area contributed by atoms with Gasteiger partial charge in [-0.05, 0) is 65.7 Å². The molecule has 0 spiro atoms. The summed E-state index contributed by atoms with van der Waals surface area (Å²) in [7, 11) is 0. The molecule has 7 heteroatoms. The summed E-state index contributed by atoms with van der Waals surface area (Å²) in [4.78, 5) is 40.9. The van der Waals surface area contributed by atoms with Gasteiger partial charge < -0.3 is 20.3 Å². The predicted molar refractivity (Wildman–Crippen MR) is 140 cm³/mol. The Morgan fingerprint density at radius 3 is 2.11 bits per heavy atom. The molecule has 0 aliphatic carbocycles. The lowest BCUT2D eigenvalue weighted by atomic mass is 10.0. The molecule has 0 fully saturated rings. The monoisotopic (exact) mass is 485 g/mol. The molecule has 2 N–H and O–H groups in total. The molecular formula is C28H43N3O4. The summed E-state index contributed by atoms with van der Waals surface area (Å²) in [5, 5.41) is 5.56. The second-order valence-electron chi connectivity index (χ2n) is 10.1. The first kappa shape index (κ1) is 30.0. The molecule has 1 aromatic carbocycles. The third kappa shape index (κ3) is 10.9. The molecule has 0 aliphatic rings. The lowest BCUT2D eigenvalue weighted by Gasteiger charge is -2.34. The van der Waals surface area contributed by atoms with Crippen molar-refractivity contribution in [1.82, 2.24) is 15.5 Å². The molecular weight excluding hydrogens is 442 g/mol. The maximum atomic E-state index is 13.6. The molecule has 2 unspecified atom stereocenters. The summed E-state index contributed by atoms with van der Waals surface area (Å²) in [6.45, 7) is 13.2. The van der Waals surface area contributed by atoms with E-state index in [1.807, 2.05) is 13.8 Å². The van der Waals surface area contributed by atoms with E-state index in [-0.39, 0.29) is 17.9 Å². The van der Waals surface area contributed by atoms with Gasteiger partial charge in [-0.3, -0.25) is 9.59 Å². The number of benzene rings is 1. The molecule has 2 atom stereocenters. The van der Waals surface area contributed by atoms with Crippen LogP contribution in [-0.2, 0) is 14.3 Å². The van der Waals surface area contributed by atoms with Crippen LogP contribution in [0.2, 0.25) is 0 Å². The third-order valence-electron chi connectivity index (χ3n) is 5.27. The van der Waals surface area contributed by atoms with Gasteiger partial charge in [0, 0.05) is 18.2 Å². The van der Waals surface area contributed by atoms with Gasteiger partial charge in [0.1, 0.15) is 17.7 Å². The lowest BCUT2D eigenvalue weighted by molar-refractivity contribution is -0.142. The minimum atomic E-state index is -0.875. The van der Waals surface area contributed by atoms with E-state index in [2.05, 4.69) is 23.5 Å². The van der Waals surface area contributed by atoms with Crippen molar-refractivity contribution in [3.05, 3.63) is 35.4 Å². The van der Waals surface area contributed by atoms with Crippen molar-refractivity contribution in [3.63, 3.8) is 0 Å². The average molecular weight is 486 g/mol. The number of carbonyl (C=O) groups excluding carboxylic acids is 3. The van der Waals surface area contributed by atoms with Gasteiger partial charge in [-0.25, -0.2) is 4.79 Å². The zero-order valence-electron chi connectivity index (χ0n) is 22.4. The highest BCUT2D eigenvalue weighted by atomic mass is 16.6. The minimum Gasteiger partial charge on any atom is -0.444 e. The Bertz CT molecular complexity index is 866. The van der Waals surface area contributed by atoms with Crippen molar-refractivity contribution >= 4 is 17.9 Å². The van der Waals surface area contributed by atoms with E-state index in [1.165, 1.54) is 0 Å². The molecule has 0 heterocycles. The molecule has 0 radical (unpaired) electrons. The Morgan fingerprint density at radius 1 is 1.00 bits per heavy atom. The van der Waals surface area contributed by atoms with Gasteiger partial charge in [0.25, 0.3) is 0 Å². The van der Waals surface area contributed by atoms with Gasteiger partial charge in [-0.1, -0.05) is 50.7 Å². The number of rotatable bonds is 12. The summed E-state index contributed by atoms with van der Waals surface area (Å²) < 4.78 is 5.32. The average Bonchev–Trinajstić information content (AvgIpc) is 2.76. The normalized spacial score (nSPS) is 12.9. The number of alkyl carbamates (subject to hydrolysis) is 1. The molecule has 194 valence electrons. The van der Waals surface area contributed by atoms with Crippen LogP contribution in [-0.4, -0.2) is 47.0 Å². The van der Waals surface area contributed by atoms with E-state index in [9.17, 15) is 14.4 Å². The van der Waals surface area contributed by atoms with Crippen molar-refractivity contribution < 1.29 is 19.1 Å². The SMILES string of the molecule is C#Cc1ccc(C(C(=O)NC(C)C)N(CCCCCCC)C(=O)C(C)NC(=O)OC(C)(C)C)cc1. The van der Waals surface area contributed by atoms with Gasteiger partial charge in [0.2, 0.25) is 11.8 Å². The fraction of sp³-hybridized carbons (Fsp3) is 0.607. The molecule has 0 saturated heterocycles. The molecule has 35 heavy (non-hydrogen) atoms. The largest absolute Gasteiger partial charge is 0.444 e. The van der Waals surface area contributed by atoms with Crippen molar-refractivity contribution in [1.29, 1.82) is 0 Å². The molecule has 3 amide bonds. The number of nitrogens with one attached hydrogen (secondary N) is 2. The number of ether oxygens (including phenoxy) is 1. The zero-order valence-corrected chi connectivity index (χ0v) is 22.4. The molecule has 7 nitrogen and oxygen atoms in total. The van der Waals surface area contributed by atoms with E-state index in [0.717, 1.165) is 32.1 Å². The number of carbonyl (C=O) groups is 3.